The zero-order chi connectivity index (χ0) is 21.1. The van der Waals surface area contributed by atoms with E-state index in [-0.39, 0.29) is 29.9 Å². The fourth-order valence-corrected chi connectivity index (χ4v) is 3.11. The minimum Gasteiger partial charge on any atom is -0.356 e. The van der Waals surface area contributed by atoms with E-state index in [1.165, 1.54) is 0 Å². The Morgan fingerprint density at radius 2 is 2.00 bits per heavy atom. The molecule has 3 N–H and O–H groups in total. The summed E-state index contributed by atoms with van der Waals surface area (Å²) in [5.41, 5.74) is 1.77. The maximum absolute atomic E-state index is 11.8. The van der Waals surface area contributed by atoms with E-state index in [0.29, 0.717) is 18.7 Å². The largest absolute Gasteiger partial charge is 0.356 e. The van der Waals surface area contributed by atoms with E-state index < -0.39 is 0 Å². The van der Waals surface area contributed by atoms with Crippen molar-refractivity contribution in [3.8, 4) is 0 Å². The first-order valence-electron chi connectivity index (χ1n) is 9.72. The average Bonchev–Trinajstić information content (AvgIpc) is 3.06. The molecule has 0 saturated carbocycles. The number of nitrogens with zero attached hydrogens (tertiary/aromatic N) is 4. The number of halogens is 1. The van der Waals surface area contributed by atoms with Gasteiger partial charge in [-0.15, -0.1) is 34.2 Å². The highest BCUT2D eigenvalue weighted by atomic mass is 127. The lowest BCUT2D eigenvalue weighted by atomic mass is 10.1. The number of guanidine groups is 1. The molecule has 0 aliphatic carbocycles. The lowest BCUT2D eigenvalue weighted by Gasteiger charge is -2.13. The van der Waals surface area contributed by atoms with Gasteiger partial charge in [0.25, 0.3) is 5.91 Å². The van der Waals surface area contributed by atoms with Gasteiger partial charge in [0.2, 0.25) is 0 Å². The highest BCUT2D eigenvalue weighted by molar-refractivity contribution is 14.0. The van der Waals surface area contributed by atoms with Crippen LogP contribution < -0.4 is 16.0 Å². The third kappa shape index (κ3) is 8.50. The second-order valence-corrected chi connectivity index (χ2v) is 7.60. The van der Waals surface area contributed by atoms with Crippen molar-refractivity contribution in [3.63, 3.8) is 0 Å². The maximum atomic E-state index is 11.8. The zero-order valence-electron chi connectivity index (χ0n) is 18.1. The molecule has 2 rings (SSSR count). The summed E-state index contributed by atoms with van der Waals surface area (Å²) < 4.78 is 1.94. The number of carbonyl (C=O) groups excluding carboxylic acids is 1. The van der Waals surface area contributed by atoms with Gasteiger partial charge in [-0.3, -0.25) is 4.79 Å². The third-order valence-corrected chi connectivity index (χ3v) is 5.20. The van der Waals surface area contributed by atoms with Crippen molar-refractivity contribution in [3.05, 3.63) is 47.0 Å². The highest BCUT2D eigenvalue weighted by Crippen LogP contribution is 2.06. The topological polar surface area (TPSA) is 96.2 Å². The van der Waals surface area contributed by atoms with Crippen molar-refractivity contribution >= 4 is 47.6 Å². The van der Waals surface area contributed by atoms with Crippen LogP contribution in [0, 0.1) is 6.92 Å². The van der Waals surface area contributed by atoms with Gasteiger partial charge in [0.1, 0.15) is 12.4 Å². The Morgan fingerprint density at radius 1 is 1.23 bits per heavy atom. The molecule has 0 radical (unpaired) electrons. The van der Waals surface area contributed by atoms with Crippen LogP contribution in [0.25, 0.3) is 0 Å². The van der Waals surface area contributed by atoms with Crippen LogP contribution in [0.4, 0.5) is 0 Å². The smallest absolute Gasteiger partial charge is 0.251 e. The van der Waals surface area contributed by atoms with Crippen molar-refractivity contribution in [2.45, 2.75) is 26.3 Å². The first kappa shape index (κ1) is 26.2. The quantitative estimate of drug-likeness (QED) is 0.183. The second-order valence-electron chi connectivity index (χ2n) is 6.62. The fraction of sp³-hybridized carbons (Fsp3) is 0.500. The zero-order valence-corrected chi connectivity index (χ0v) is 21.2. The van der Waals surface area contributed by atoms with Gasteiger partial charge in [0.15, 0.2) is 11.8 Å². The Morgan fingerprint density at radius 3 is 2.67 bits per heavy atom. The van der Waals surface area contributed by atoms with E-state index in [0.717, 1.165) is 48.3 Å². The van der Waals surface area contributed by atoms with Gasteiger partial charge in [-0.25, -0.2) is 4.99 Å². The summed E-state index contributed by atoms with van der Waals surface area (Å²) in [6.45, 7) is 3.95. The number of nitrogens with one attached hydrogen (secondary N) is 3. The molecule has 0 atom stereocenters. The Balaban J connectivity index is 0.00000450. The number of aryl methyl sites for hydroxylation is 1. The molecule has 1 heterocycles. The summed E-state index contributed by atoms with van der Waals surface area (Å²) in [5, 5.41) is 17.7. The summed E-state index contributed by atoms with van der Waals surface area (Å²) >= 11 is 1.83. The first-order chi connectivity index (χ1) is 14.0. The minimum atomic E-state index is -0.0727. The Labute approximate surface area is 200 Å². The number of aromatic nitrogens is 3. The SMILES string of the molecule is CNC(=O)c1cccc(CCNC(=NCc2nnc(C)n2C)NCCCSC)c1.I. The molecule has 0 aliphatic rings. The van der Waals surface area contributed by atoms with E-state index in [4.69, 9.17) is 0 Å². The number of amides is 1. The van der Waals surface area contributed by atoms with E-state index in [2.05, 4.69) is 37.4 Å². The molecule has 30 heavy (non-hydrogen) atoms. The molecule has 0 bridgehead atoms. The molecule has 0 saturated heterocycles. The monoisotopic (exact) mass is 545 g/mol. The van der Waals surface area contributed by atoms with E-state index in [1.807, 2.05) is 54.6 Å². The number of hydrogen-bond acceptors (Lipinski definition) is 5. The molecule has 0 spiro atoms. The van der Waals surface area contributed by atoms with Gasteiger partial charge in [0.05, 0.1) is 0 Å². The number of hydrogen-bond donors (Lipinski definition) is 3. The molecular weight excluding hydrogens is 513 g/mol. The molecule has 166 valence electrons. The fourth-order valence-electron chi connectivity index (χ4n) is 2.67. The molecule has 10 heteroatoms. The standard InChI is InChI=1S/C20H31N7OS.HI/c1-15-25-26-18(27(15)3)14-24-20(22-10-6-12-29-4)23-11-9-16-7-5-8-17(13-16)19(28)21-2;/h5,7-8,13H,6,9-12,14H2,1-4H3,(H,21,28)(H2,22,23,24);1H. The van der Waals surface area contributed by atoms with Gasteiger partial charge in [-0.2, -0.15) is 11.8 Å². The van der Waals surface area contributed by atoms with Crippen LogP contribution >= 0.6 is 35.7 Å². The number of aliphatic imine (C=N–C) groups is 1. The van der Waals surface area contributed by atoms with Crippen LogP contribution in [0.5, 0.6) is 0 Å². The maximum Gasteiger partial charge on any atom is 0.251 e. The number of rotatable bonds is 10. The van der Waals surface area contributed by atoms with Crippen molar-refractivity contribution in [2.24, 2.45) is 12.0 Å². The van der Waals surface area contributed by atoms with E-state index >= 15 is 0 Å². The molecule has 1 aromatic carbocycles. The predicted molar refractivity (Wildman–Crippen MR) is 135 cm³/mol. The van der Waals surface area contributed by atoms with E-state index in [1.54, 1.807) is 7.05 Å². The highest BCUT2D eigenvalue weighted by Gasteiger charge is 2.06. The van der Waals surface area contributed by atoms with Gasteiger partial charge < -0.3 is 20.5 Å². The Hall–Kier alpha value is -1.82. The molecule has 2 aromatic rings. The number of thioether (sulfide) groups is 1. The average molecular weight is 545 g/mol. The molecular formula is C20H32IN7OS. The normalized spacial score (nSPS) is 11.0. The van der Waals surface area contributed by atoms with Gasteiger partial charge in [0, 0.05) is 32.7 Å². The summed E-state index contributed by atoms with van der Waals surface area (Å²) in [6, 6.07) is 7.68. The number of carbonyl (C=O) groups is 1. The molecule has 0 fully saturated rings. The van der Waals surface area contributed by atoms with Crippen LogP contribution in [0.1, 0.15) is 34.0 Å². The second kappa shape index (κ2) is 14.2. The molecule has 1 amide bonds. The Bertz CT molecular complexity index is 825. The Kier molecular flexibility index (Phi) is 12.4. The third-order valence-electron chi connectivity index (χ3n) is 4.50. The van der Waals surface area contributed by atoms with Gasteiger partial charge >= 0.3 is 0 Å². The lowest BCUT2D eigenvalue weighted by molar-refractivity contribution is 0.0963. The summed E-state index contributed by atoms with van der Waals surface area (Å²) in [6.07, 6.45) is 3.97. The van der Waals surface area contributed by atoms with Crippen LogP contribution in [0.15, 0.2) is 29.3 Å². The van der Waals surface area contributed by atoms with Gasteiger partial charge in [-0.05, 0) is 49.5 Å². The van der Waals surface area contributed by atoms with E-state index in [9.17, 15) is 4.79 Å². The lowest BCUT2D eigenvalue weighted by Crippen LogP contribution is -2.39. The molecule has 1 aromatic heterocycles. The first-order valence-corrected chi connectivity index (χ1v) is 11.1. The predicted octanol–water partition coefficient (Wildman–Crippen LogP) is 2.13. The van der Waals surface area contributed by atoms with Crippen molar-refractivity contribution in [2.75, 3.05) is 32.1 Å². The molecule has 0 aliphatic heterocycles. The summed E-state index contributed by atoms with van der Waals surface area (Å²) in [4.78, 5) is 16.5. The van der Waals surface area contributed by atoms with Crippen LogP contribution in [0.2, 0.25) is 0 Å². The van der Waals surface area contributed by atoms with Crippen molar-refractivity contribution in [1.82, 2.24) is 30.7 Å². The minimum absolute atomic E-state index is 0. The van der Waals surface area contributed by atoms with Crippen molar-refractivity contribution < 1.29 is 4.79 Å². The molecule has 8 nitrogen and oxygen atoms in total. The number of benzene rings is 1. The van der Waals surface area contributed by atoms with Crippen LogP contribution in [-0.2, 0) is 20.0 Å². The van der Waals surface area contributed by atoms with Gasteiger partial charge in [-0.1, -0.05) is 12.1 Å². The van der Waals surface area contributed by atoms with Crippen LogP contribution in [-0.4, -0.2) is 58.8 Å². The summed E-state index contributed by atoms with van der Waals surface area (Å²) in [5.74, 6) is 3.49. The summed E-state index contributed by atoms with van der Waals surface area (Å²) in [7, 11) is 3.58. The molecule has 0 unspecified atom stereocenters. The van der Waals surface area contributed by atoms with Crippen molar-refractivity contribution in [1.29, 1.82) is 0 Å². The van der Waals surface area contributed by atoms with Crippen LogP contribution in [0.3, 0.4) is 0 Å².